The molecule has 0 aromatic heterocycles. The number of hydrogen-bond acceptors (Lipinski definition) is 3. The van der Waals surface area contributed by atoms with E-state index in [4.69, 9.17) is 0 Å². The van der Waals surface area contributed by atoms with Crippen LogP contribution in [0, 0.1) is 11.8 Å². The van der Waals surface area contributed by atoms with Crippen molar-refractivity contribution in [3.05, 3.63) is 0 Å². The van der Waals surface area contributed by atoms with Crippen molar-refractivity contribution in [2.75, 3.05) is 18.1 Å². The second kappa shape index (κ2) is 5.21. The molecule has 4 heteroatoms. The number of carbonyl (C=O) groups is 1. The molecule has 2 aliphatic rings. The topological polar surface area (TPSA) is 49.3 Å². The monoisotopic (exact) mass is 229 g/mol. The zero-order valence-corrected chi connectivity index (χ0v) is 9.76. The summed E-state index contributed by atoms with van der Waals surface area (Å²) in [6.07, 6.45) is 4.83. The van der Waals surface area contributed by atoms with Gasteiger partial charge in [-0.1, -0.05) is 6.42 Å². The molecule has 0 aromatic carbocycles. The standard InChI is InChI=1S/C11H19NO2S/c13-11(14)10(8-4-5-15-7-8)6-12-9-2-1-3-9/h8-10,12H,1-7H2,(H,13,14). The molecular formula is C11H19NO2S. The average Bonchev–Trinajstić information content (AvgIpc) is 2.61. The predicted octanol–water partition coefficient (Wildman–Crippen LogP) is 1.58. The first-order valence-corrected chi connectivity index (χ1v) is 6.97. The molecule has 0 radical (unpaired) electrons. The molecule has 15 heavy (non-hydrogen) atoms. The van der Waals surface area contributed by atoms with Gasteiger partial charge in [0.1, 0.15) is 0 Å². The first-order chi connectivity index (χ1) is 7.27. The van der Waals surface area contributed by atoms with Crippen LogP contribution in [-0.2, 0) is 4.79 Å². The van der Waals surface area contributed by atoms with Crippen LogP contribution in [-0.4, -0.2) is 35.2 Å². The van der Waals surface area contributed by atoms with Gasteiger partial charge in [0, 0.05) is 12.6 Å². The lowest BCUT2D eigenvalue weighted by molar-refractivity contribution is -0.143. The van der Waals surface area contributed by atoms with Crippen molar-refractivity contribution in [1.29, 1.82) is 0 Å². The lowest BCUT2D eigenvalue weighted by Gasteiger charge is -2.29. The summed E-state index contributed by atoms with van der Waals surface area (Å²) in [5.41, 5.74) is 0. The minimum absolute atomic E-state index is 0.166. The maximum Gasteiger partial charge on any atom is 0.308 e. The lowest BCUT2D eigenvalue weighted by Crippen LogP contribution is -2.42. The first-order valence-electron chi connectivity index (χ1n) is 5.81. The van der Waals surface area contributed by atoms with Gasteiger partial charge in [-0.3, -0.25) is 4.79 Å². The van der Waals surface area contributed by atoms with Gasteiger partial charge >= 0.3 is 5.97 Å². The highest BCUT2D eigenvalue weighted by atomic mass is 32.2. The Labute approximate surface area is 95.0 Å². The summed E-state index contributed by atoms with van der Waals surface area (Å²) < 4.78 is 0. The van der Waals surface area contributed by atoms with Gasteiger partial charge in [-0.2, -0.15) is 11.8 Å². The van der Waals surface area contributed by atoms with Crippen molar-refractivity contribution in [2.24, 2.45) is 11.8 Å². The van der Waals surface area contributed by atoms with E-state index >= 15 is 0 Å². The fourth-order valence-electron chi connectivity index (χ4n) is 2.23. The molecule has 1 heterocycles. The summed E-state index contributed by atoms with van der Waals surface area (Å²) in [5.74, 6) is 1.77. The fraction of sp³-hybridized carbons (Fsp3) is 0.909. The molecule has 0 spiro atoms. The lowest BCUT2D eigenvalue weighted by atomic mass is 9.89. The third kappa shape index (κ3) is 2.88. The number of thioether (sulfide) groups is 1. The second-order valence-electron chi connectivity index (χ2n) is 4.60. The van der Waals surface area contributed by atoms with E-state index in [-0.39, 0.29) is 5.92 Å². The molecule has 1 aliphatic heterocycles. The smallest absolute Gasteiger partial charge is 0.308 e. The maximum absolute atomic E-state index is 11.2. The third-order valence-corrected chi connectivity index (χ3v) is 4.77. The van der Waals surface area contributed by atoms with Crippen LogP contribution in [0.5, 0.6) is 0 Å². The van der Waals surface area contributed by atoms with E-state index in [9.17, 15) is 9.90 Å². The molecule has 2 unspecified atom stereocenters. The molecule has 3 nitrogen and oxygen atoms in total. The van der Waals surface area contributed by atoms with Crippen LogP contribution < -0.4 is 5.32 Å². The molecule has 2 N–H and O–H groups in total. The normalized spacial score (nSPS) is 28.7. The van der Waals surface area contributed by atoms with Crippen molar-refractivity contribution in [2.45, 2.75) is 31.7 Å². The Balaban J connectivity index is 1.79. The molecule has 2 atom stereocenters. The number of rotatable bonds is 5. The van der Waals surface area contributed by atoms with Gasteiger partial charge in [-0.05, 0) is 36.7 Å². The van der Waals surface area contributed by atoms with Crippen molar-refractivity contribution in [3.63, 3.8) is 0 Å². The molecule has 0 bridgehead atoms. The second-order valence-corrected chi connectivity index (χ2v) is 5.75. The van der Waals surface area contributed by atoms with Crippen LogP contribution in [0.1, 0.15) is 25.7 Å². The summed E-state index contributed by atoms with van der Waals surface area (Å²) >= 11 is 1.89. The van der Waals surface area contributed by atoms with Gasteiger partial charge in [0.15, 0.2) is 0 Å². The molecule has 1 aliphatic carbocycles. The van der Waals surface area contributed by atoms with Crippen LogP contribution >= 0.6 is 11.8 Å². The van der Waals surface area contributed by atoms with Crippen molar-refractivity contribution in [1.82, 2.24) is 5.32 Å². The number of hydrogen-bond donors (Lipinski definition) is 2. The van der Waals surface area contributed by atoms with E-state index in [0.717, 1.165) is 17.9 Å². The minimum Gasteiger partial charge on any atom is -0.481 e. The van der Waals surface area contributed by atoms with Gasteiger partial charge < -0.3 is 10.4 Å². The Morgan fingerprint density at radius 2 is 2.27 bits per heavy atom. The van der Waals surface area contributed by atoms with E-state index in [1.54, 1.807) is 0 Å². The molecule has 1 saturated heterocycles. The van der Waals surface area contributed by atoms with E-state index in [1.165, 1.54) is 19.3 Å². The number of carboxylic acids is 1. The molecule has 0 aromatic rings. The largest absolute Gasteiger partial charge is 0.481 e. The molecule has 1 saturated carbocycles. The van der Waals surface area contributed by atoms with Gasteiger partial charge in [0.25, 0.3) is 0 Å². The summed E-state index contributed by atoms with van der Waals surface area (Å²) in [6.45, 7) is 0.672. The molecule has 0 amide bonds. The van der Waals surface area contributed by atoms with Gasteiger partial charge in [0.2, 0.25) is 0 Å². The van der Waals surface area contributed by atoms with Crippen molar-refractivity contribution < 1.29 is 9.90 Å². The zero-order chi connectivity index (χ0) is 10.7. The summed E-state index contributed by atoms with van der Waals surface area (Å²) in [7, 11) is 0. The Bertz CT molecular complexity index is 225. The molecule has 86 valence electrons. The minimum atomic E-state index is -0.616. The van der Waals surface area contributed by atoms with E-state index < -0.39 is 5.97 Å². The Hall–Kier alpha value is -0.220. The first kappa shape index (κ1) is 11.3. The highest BCUT2D eigenvalue weighted by molar-refractivity contribution is 7.99. The van der Waals surface area contributed by atoms with Crippen LogP contribution in [0.25, 0.3) is 0 Å². The van der Waals surface area contributed by atoms with Gasteiger partial charge in [-0.25, -0.2) is 0 Å². The van der Waals surface area contributed by atoms with Gasteiger partial charge in [-0.15, -0.1) is 0 Å². The van der Waals surface area contributed by atoms with Crippen LogP contribution in [0.15, 0.2) is 0 Å². The highest BCUT2D eigenvalue weighted by Gasteiger charge is 2.31. The fourth-order valence-corrected chi connectivity index (χ4v) is 3.57. The Morgan fingerprint density at radius 1 is 1.47 bits per heavy atom. The summed E-state index contributed by atoms with van der Waals surface area (Å²) in [4.78, 5) is 11.2. The predicted molar refractivity (Wildman–Crippen MR) is 62.2 cm³/mol. The number of carboxylic acid groups (broad SMARTS) is 1. The average molecular weight is 229 g/mol. The van der Waals surface area contributed by atoms with Crippen LogP contribution in [0.2, 0.25) is 0 Å². The number of aliphatic carboxylic acids is 1. The highest BCUT2D eigenvalue weighted by Crippen LogP contribution is 2.30. The van der Waals surface area contributed by atoms with Crippen molar-refractivity contribution >= 4 is 17.7 Å². The summed E-state index contributed by atoms with van der Waals surface area (Å²) in [6, 6.07) is 0.598. The molecule has 2 fully saturated rings. The zero-order valence-electron chi connectivity index (χ0n) is 8.95. The SMILES string of the molecule is O=C(O)C(CNC1CCC1)C1CCSC1. The van der Waals surface area contributed by atoms with Crippen molar-refractivity contribution in [3.8, 4) is 0 Å². The van der Waals surface area contributed by atoms with E-state index in [1.807, 2.05) is 11.8 Å². The third-order valence-electron chi connectivity index (χ3n) is 3.58. The maximum atomic E-state index is 11.2. The van der Waals surface area contributed by atoms with E-state index in [0.29, 0.717) is 18.5 Å². The molecular weight excluding hydrogens is 210 g/mol. The van der Waals surface area contributed by atoms with Crippen LogP contribution in [0.4, 0.5) is 0 Å². The van der Waals surface area contributed by atoms with Crippen LogP contribution in [0.3, 0.4) is 0 Å². The van der Waals surface area contributed by atoms with Gasteiger partial charge in [0.05, 0.1) is 5.92 Å². The Kier molecular flexibility index (Phi) is 3.92. The molecule has 2 rings (SSSR count). The number of nitrogens with one attached hydrogen (secondary N) is 1. The Morgan fingerprint density at radius 3 is 2.73 bits per heavy atom. The quantitative estimate of drug-likeness (QED) is 0.751. The summed E-state index contributed by atoms with van der Waals surface area (Å²) in [5, 5.41) is 12.6. The van der Waals surface area contributed by atoms with E-state index in [2.05, 4.69) is 5.32 Å².